The number of hydrogen-bond acceptors (Lipinski definition) is 8. The topological polar surface area (TPSA) is 118 Å². The number of aromatic nitrogens is 4. The summed E-state index contributed by atoms with van der Waals surface area (Å²) in [4.78, 5) is 23.9. The fraction of sp³-hybridized carbons (Fsp3) is 0.483. The summed E-state index contributed by atoms with van der Waals surface area (Å²) >= 11 is 0. The molecule has 2 aromatic heterocycles. The van der Waals surface area contributed by atoms with Crippen LogP contribution in [0.1, 0.15) is 58.4 Å². The van der Waals surface area contributed by atoms with E-state index in [1.165, 1.54) is 0 Å². The van der Waals surface area contributed by atoms with Crippen LogP contribution in [0.25, 0.3) is 11.3 Å². The molecule has 0 fully saturated rings. The predicted octanol–water partition coefficient (Wildman–Crippen LogP) is 5.35. The number of fused-ring (bicyclic) bond motifs is 1. The normalized spacial score (nSPS) is 16.8. The molecule has 0 spiro atoms. The van der Waals surface area contributed by atoms with Crippen molar-refractivity contribution in [3.63, 3.8) is 0 Å². The van der Waals surface area contributed by atoms with Gasteiger partial charge in [0.15, 0.2) is 0 Å². The summed E-state index contributed by atoms with van der Waals surface area (Å²) in [5.74, 6) is 0.894. The highest BCUT2D eigenvalue weighted by atomic mass is 16.6. The Morgan fingerprint density at radius 1 is 1.31 bits per heavy atom. The predicted molar refractivity (Wildman–Crippen MR) is 150 cm³/mol. The zero-order valence-corrected chi connectivity index (χ0v) is 24.0. The number of amides is 1. The van der Waals surface area contributed by atoms with Gasteiger partial charge in [-0.15, -0.1) is 0 Å². The number of aryl methyl sites for hydroxylation is 1. The van der Waals surface area contributed by atoms with Crippen LogP contribution in [-0.2, 0) is 28.4 Å². The van der Waals surface area contributed by atoms with Crippen molar-refractivity contribution in [2.45, 2.75) is 59.0 Å². The molecule has 0 bridgehead atoms. The lowest BCUT2D eigenvalue weighted by atomic mass is 9.83. The van der Waals surface area contributed by atoms with E-state index in [0.29, 0.717) is 42.0 Å². The van der Waals surface area contributed by atoms with Gasteiger partial charge in [-0.2, -0.15) is 10.4 Å². The number of anilines is 3. The Balaban J connectivity index is 1.75. The Kier molecular flexibility index (Phi) is 7.66. The van der Waals surface area contributed by atoms with Crippen LogP contribution in [0.5, 0.6) is 0 Å². The smallest absolute Gasteiger partial charge is 0.414 e. The van der Waals surface area contributed by atoms with Gasteiger partial charge in [0.05, 0.1) is 41.1 Å². The van der Waals surface area contributed by atoms with Crippen LogP contribution in [-0.4, -0.2) is 51.7 Å². The maximum atomic E-state index is 13.2. The van der Waals surface area contributed by atoms with Crippen molar-refractivity contribution >= 4 is 23.4 Å². The fourth-order valence-corrected chi connectivity index (χ4v) is 4.94. The number of carbonyl (C=O) groups excluding carboxylic acids is 1. The number of nitrogens with one attached hydrogen (secondary N) is 1. The lowest BCUT2D eigenvalue weighted by Gasteiger charge is -2.27. The molecular formula is C29H37N7O3. The highest BCUT2D eigenvalue weighted by molar-refractivity contribution is 5.95. The second kappa shape index (κ2) is 10.7. The van der Waals surface area contributed by atoms with Gasteiger partial charge < -0.3 is 14.8 Å². The Labute approximate surface area is 230 Å². The van der Waals surface area contributed by atoms with E-state index >= 15 is 0 Å². The zero-order valence-electron chi connectivity index (χ0n) is 24.0. The number of benzene rings is 1. The number of methoxy groups -OCH3 is 1. The molecule has 0 unspecified atom stereocenters. The molecule has 0 radical (unpaired) electrons. The van der Waals surface area contributed by atoms with Gasteiger partial charge in [0.25, 0.3) is 0 Å². The van der Waals surface area contributed by atoms with Gasteiger partial charge in [-0.3, -0.25) is 9.58 Å². The molecule has 10 heteroatoms. The number of carbonyl (C=O) groups is 1. The summed E-state index contributed by atoms with van der Waals surface area (Å²) in [7, 11) is 3.55. The van der Waals surface area contributed by atoms with Crippen LogP contribution in [0.2, 0.25) is 0 Å². The SMILES string of the molecule is COC[C@@]1(C)CN(C(=O)OC(C)(C)C)c2c(C#N)cc(-c3ccnc(Nc4cnn(C)c4CC(C)C)n3)cc21. The van der Waals surface area contributed by atoms with Crippen LogP contribution in [0.3, 0.4) is 0 Å². The van der Waals surface area contributed by atoms with Crippen molar-refractivity contribution in [3.8, 4) is 17.3 Å². The first-order valence-corrected chi connectivity index (χ1v) is 13.0. The van der Waals surface area contributed by atoms with Crippen molar-refractivity contribution in [3.05, 3.63) is 47.4 Å². The lowest BCUT2D eigenvalue weighted by molar-refractivity contribution is 0.0571. The number of nitriles is 1. The van der Waals surface area contributed by atoms with Crippen molar-refractivity contribution in [2.24, 2.45) is 13.0 Å². The van der Waals surface area contributed by atoms with E-state index in [4.69, 9.17) is 14.5 Å². The summed E-state index contributed by atoms with van der Waals surface area (Å²) in [5, 5.41) is 17.8. The van der Waals surface area contributed by atoms with Crippen LogP contribution in [0.4, 0.5) is 22.1 Å². The van der Waals surface area contributed by atoms with Crippen molar-refractivity contribution in [1.82, 2.24) is 19.7 Å². The van der Waals surface area contributed by atoms with Gasteiger partial charge in [0.2, 0.25) is 5.95 Å². The van der Waals surface area contributed by atoms with Crippen LogP contribution < -0.4 is 10.2 Å². The first kappa shape index (κ1) is 28.0. The second-order valence-electron chi connectivity index (χ2n) is 11.7. The third-order valence-electron chi connectivity index (χ3n) is 6.60. The molecular weight excluding hydrogens is 494 g/mol. The van der Waals surface area contributed by atoms with Gasteiger partial charge in [-0.1, -0.05) is 20.8 Å². The monoisotopic (exact) mass is 531 g/mol. The minimum atomic E-state index is -0.669. The lowest BCUT2D eigenvalue weighted by Crippen LogP contribution is -2.40. The third kappa shape index (κ3) is 5.88. The van der Waals surface area contributed by atoms with Crippen molar-refractivity contribution < 1.29 is 14.3 Å². The molecule has 1 amide bonds. The maximum Gasteiger partial charge on any atom is 0.414 e. The molecule has 39 heavy (non-hydrogen) atoms. The van der Waals surface area contributed by atoms with E-state index < -0.39 is 17.1 Å². The van der Waals surface area contributed by atoms with Crippen molar-refractivity contribution in [2.75, 3.05) is 30.5 Å². The van der Waals surface area contributed by atoms with Gasteiger partial charge in [0.1, 0.15) is 11.7 Å². The van der Waals surface area contributed by atoms with Gasteiger partial charge >= 0.3 is 6.09 Å². The van der Waals surface area contributed by atoms with Crippen molar-refractivity contribution in [1.29, 1.82) is 5.26 Å². The molecule has 1 N–H and O–H groups in total. The number of rotatable bonds is 7. The van der Waals surface area contributed by atoms with Crippen LogP contribution in [0.15, 0.2) is 30.6 Å². The number of nitrogens with zero attached hydrogens (tertiary/aromatic N) is 6. The molecule has 0 aliphatic carbocycles. The van der Waals surface area contributed by atoms with Gasteiger partial charge in [0, 0.05) is 37.9 Å². The molecule has 10 nitrogen and oxygen atoms in total. The largest absolute Gasteiger partial charge is 0.443 e. The van der Waals surface area contributed by atoms with E-state index in [9.17, 15) is 10.1 Å². The molecule has 1 aliphatic rings. The minimum Gasteiger partial charge on any atom is -0.443 e. The Morgan fingerprint density at radius 3 is 2.69 bits per heavy atom. The van der Waals surface area contributed by atoms with Crippen LogP contribution >= 0.6 is 0 Å². The molecule has 0 saturated carbocycles. The highest BCUT2D eigenvalue weighted by Gasteiger charge is 2.44. The van der Waals surface area contributed by atoms with E-state index in [1.54, 1.807) is 36.5 Å². The van der Waals surface area contributed by atoms with Gasteiger partial charge in [-0.25, -0.2) is 14.8 Å². The van der Waals surface area contributed by atoms with Crippen LogP contribution in [0, 0.1) is 17.2 Å². The fourth-order valence-electron chi connectivity index (χ4n) is 4.94. The molecule has 1 atom stereocenters. The first-order valence-electron chi connectivity index (χ1n) is 13.0. The number of hydrogen-bond donors (Lipinski definition) is 1. The highest BCUT2D eigenvalue weighted by Crippen LogP contribution is 2.45. The van der Waals surface area contributed by atoms with E-state index in [0.717, 1.165) is 28.9 Å². The summed E-state index contributed by atoms with van der Waals surface area (Å²) in [6.45, 7) is 12.5. The number of ether oxygens (including phenoxy) is 2. The van der Waals surface area contributed by atoms with E-state index in [-0.39, 0.29) is 0 Å². The Bertz CT molecular complexity index is 1420. The average molecular weight is 532 g/mol. The van der Waals surface area contributed by atoms with Gasteiger partial charge in [-0.05, 0) is 56.9 Å². The average Bonchev–Trinajstić information content (AvgIpc) is 3.34. The van der Waals surface area contributed by atoms with E-state index in [2.05, 4.69) is 35.3 Å². The molecule has 4 rings (SSSR count). The minimum absolute atomic E-state index is 0.333. The molecule has 3 heterocycles. The third-order valence-corrected chi connectivity index (χ3v) is 6.60. The van der Waals surface area contributed by atoms with E-state index in [1.807, 2.05) is 45.5 Å². The molecule has 206 valence electrons. The standard InChI is InChI=1S/C29H37N7O3/c1-18(2)11-24-23(15-32-35(24)7)34-26-31-10-9-22(33-26)19-12-20(14-30)25-21(13-19)29(6,17-38-8)16-36(25)27(37)39-28(3,4)5/h9-10,12-13,15,18H,11,16-17H2,1-8H3,(H,31,33,34)/t29-/m1/s1. The summed E-state index contributed by atoms with van der Waals surface area (Å²) in [6.07, 6.45) is 3.83. The summed E-state index contributed by atoms with van der Waals surface area (Å²) in [5.41, 5.74) is 3.87. The summed E-state index contributed by atoms with van der Waals surface area (Å²) in [6, 6.07) is 7.84. The Hall–Kier alpha value is -3.97. The first-order chi connectivity index (χ1) is 18.3. The quantitative estimate of drug-likeness (QED) is 0.433. The molecule has 1 aromatic carbocycles. The second-order valence-corrected chi connectivity index (χ2v) is 11.7. The zero-order chi connectivity index (χ0) is 28.5. The molecule has 0 saturated heterocycles. The summed E-state index contributed by atoms with van der Waals surface area (Å²) < 4.78 is 13.1. The maximum absolute atomic E-state index is 13.2. The molecule has 3 aromatic rings. The Morgan fingerprint density at radius 2 is 2.05 bits per heavy atom. The molecule has 1 aliphatic heterocycles.